The van der Waals surface area contributed by atoms with E-state index in [0.717, 1.165) is 32.5 Å². The summed E-state index contributed by atoms with van der Waals surface area (Å²) in [7, 11) is 0. The Balaban J connectivity index is 2.00. The van der Waals surface area contributed by atoms with Crippen LogP contribution < -0.4 is 15.4 Å². The Morgan fingerprint density at radius 1 is 1.19 bits per heavy atom. The lowest BCUT2D eigenvalue weighted by atomic mass is 10.0. The summed E-state index contributed by atoms with van der Waals surface area (Å²) in [6, 6.07) is 0.362. The van der Waals surface area contributed by atoms with E-state index in [4.69, 9.17) is 9.47 Å². The highest BCUT2D eigenvalue weighted by Crippen LogP contribution is 2.21. The van der Waals surface area contributed by atoms with Gasteiger partial charge < -0.3 is 20.1 Å². The van der Waals surface area contributed by atoms with Crippen LogP contribution in [0.4, 0.5) is 11.9 Å². The first kappa shape index (κ1) is 15.8. The van der Waals surface area contributed by atoms with Gasteiger partial charge in [-0.2, -0.15) is 15.0 Å². The number of hydrogen-bond donors (Lipinski definition) is 2. The second kappa shape index (κ2) is 7.97. The second-order valence-corrected chi connectivity index (χ2v) is 5.15. The maximum atomic E-state index is 5.56. The van der Waals surface area contributed by atoms with Gasteiger partial charge in [0.2, 0.25) is 11.9 Å². The van der Waals surface area contributed by atoms with Crippen LogP contribution in [0.15, 0.2) is 0 Å². The standard InChI is InChI=1S/C14H25N5O2/c1-4-7-21-14-18-12(15-5-2)17-13(19-14)16-9-11-6-8-20-10(11)3/h10-11H,4-9H2,1-3H3,(H2,15,16,17,18,19). The summed E-state index contributed by atoms with van der Waals surface area (Å²) >= 11 is 0. The highest BCUT2D eigenvalue weighted by Gasteiger charge is 2.24. The summed E-state index contributed by atoms with van der Waals surface area (Å²) in [5.41, 5.74) is 0. The molecule has 0 spiro atoms. The normalized spacial score (nSPS) is 21.3. The largest absolute Gasteiger partial charge is 0.463 e. The molecule has 1 saturated heterocycles. The number of anilines is 2. The van der Waals surface area contributed by atoms with E-state index in [0.29, 0.717) is 30.4 Å². The van der Waals surface area contributed by atoms with Crippen molar-refractivity contribution in [1.82, 2.24) is 15.0 Å². The molecule has 21 heavy (non-hydrogen) atoms. The van der Waals surface area contributed by atoms with E-state index in [-0.39, 0.29) is 6.10 Å². The number of nitrogens with zero attached hydrogens (tertiary/aromatic N) is 3. The zero-order chi connectivity index (χ0) is 15.1. The van der Waals surface area contributed by atoms with Crippen molar-refractivity contribution < 1.29 is 9.47 Å². The van der Waals surface area contributed by atoms with Crippen LogP contribution in [0.1, 0.15) is 33.6 Å². The van der Waals surface area contributed by atoms with Gasteiger partial charge in [0.1, 0.15) is 0 Å². The molecule has 7 heteroatoms. The third-order valence-corrected chi connectivity index (χ3v) is 3.44. The van der Waals surface area contributed by atoms with Gasteiger partial charge >= 0.3 is 6.01 Å². The van der Waals surface area contributed by atoms with Crippen LogP contribution in [-0.2, 0) is 4.74 Å². The lowest BCUT2D eigenvalue weighted by Gasteiger charge is -2.15. The van der Waals surface area contributed by atoms with E-state index in [9.17, 15) is 0 Å². The molecule has 1 aromatic heterocycles. The lowest BCUT2D eigenvalue weighted by molar-refractivity contribution is 0.108. The Bertz CT molecular complexity index is 443. The topological polar surface area (TPSA) is 81.2 Å². The van der Waals surface area contributed by atoms with E-state index >= 15 is 0 Å². The number of nitrogens with one attached hydrogen (secondary N) is 2. The number of ether oxygens (including phenoxy) is 2. The Hall–Kier alpha value is -1.63. The third-order valence-electron chi connectivity index (χ3n) is 3.44. The number of rotatable bonds is 8. The van der Waals surface area contributed by atoms with Gasteiger partial charge in [-0.3, -0.25) is 0 Å². The first-order chi connectivity index (χ1) is 10.2. The average Bonchev–Trinajstić information content (AvgIpc) is 2.88. The summed E-state index contributed by atoms with van der Waals surface area (Å²) in [5, 5.41) is 6.36. The van der Waals surface area contributed by atoms with E-state index in [2.05, 4.69) is 32.5 Å². The van der Waals surface area contributed by atoms with Gasteiger partial charge in [0.05, 0.1) is 12.7 Å². The molecular formula is C14H25N5O2. The Morgan fingerprint density at radius 2 is 1.95 bits per heavy atom. The van der Waals surface area contributed by atoms with Crippen molar-refractivity contribution in [2.75, 3.05) is 36.9 Å². The molecule has 2 unspecified atom stereocenters. The van der Waals surface area contributed by atoms with Gasteiger partial charge in [-0.25, -0.2) is 0 Å². The molecule has 0 bridgehead atoms. The predicted octanol–water partition coefficient (Wildman–Crippen LogP) is 1.93. The molecule has 2 heterocycles. The summed E-state index contributed by atoms with van der Waals surface area (Å²) in [5.74, 6) is 1.58. The quantitative estimate of drug-likeness (QED) is 0.758. The van der Waals surface area contributed by atoms with Gasteiger partial charge in [-0.05, 0) is 26.7 Å². The number of hydrogen-bond acceptors (Lipinski definition) is 7. The monoisotopic (exact) mass is 295 g/mol. The smallest absolute Gasteiger partial charge is 0.323 e. The van der Waals surface area contributed by atoms with Crippen molar-refractivity contribution in [2.45, 2.75) is 39.7 Å². The summed E-state index contributed by atoms with van der Waals surface area (Å²) in [6.45, 7) is 9.13. The molecule has 1 aliphatic rings. The molecular weight excluding hydrogens is 270 g/mol. The highest BCUT2D eigenvalue weighted by molar-refractivity contribution is 5.35. The fraction of sp³-hybridized carbons (Fsp3) is 0.786. The van der Waals surface area contributed by atoms with Gasteiger partial charge in [0.15, 0.2) is 0 Å². The Morgan fingerprint density at radius 3 is 2.57 bits per heavy atom. The van der Waals surface area contributed by atoms with Crippen LogP contribution in [0.2, 0.25) is 0 Å². The first-order valence-corrected chi connectivity index (χ1v) is 7.71. The molecule has 1 aliphatic heterocycles. The molecule has 0 saturated carbocycles. The van der Waals surface area contributed by atoms with Crippen LogP contribution in [0.3, 0.4) is 0 Å². The molecule has 0 aromatic carbocycles. The van der Waals surface area contributed by atoms with Crippen molar-refractivity contribution in [3.8, 4) is 6.01 Å². The Labute approximate surface area is 125 Å². The van der Waals surface area contributed by atoms with Gasteiger partial charge in [0.25, 0.3) is 0 Å². The molecule has 0 amide bonds. The summed E-state index contributed by atoms with van der Waals surface area (Å²) < 4.78 is 11.1. The van der Waals surface area contributed by atoms with E-state index in [1.165, 1.54) is 0 Å². The van der Waals surface area contributed by atoms with Gasteiger partial charge in [0, 0.05) is 25.6 Å². The Kier molecular flexibility index (Phi) is 5.98. The van der Waals surface area contributed by atoms with Crippen LogP contribution in [0, 0.1) is 5.92 Å². The van der Waals surface area contributed by atoms with E-state index in [1.54, 1.807) is 0 Å². The molecule has 2 atom stereocenters. The molecule has 1 aromatic rings. The van der Waals surface area contributed by atoms with Crippen molar-refractivity contribution >= 4 is 11.9 Å². The second-order valence-electron chi connectivity index (χ2n) is 5.15. The minimum Gasteiger partial charge on any atom is -0.463 e. The third kappa shape index (κ3) is 4.70. The minimum absolute atomic E-state index is 0.281. The summed E-state index contributed by atoms with van der Waals surface area (Å²) in [4.78, 5) is 12.9. The lowest BCUT2D eigenvalue weighted by Crippen LogP contribution is -2.22. The fourth-order valence-electron chi connectivity index (χ4n) is 2.20. The maximum absolute atomic E-state index is 5.56. The van der Waals surface area contributed by atoms with Crippen LogP contribution in [0.25, 0.3) is 0 Å². The molecule has 0 radical (unpaired) electrons. The summed E-state index contributed by atoms with van der Waals surface area (Å²) in [6.07, 6.45) is 2.27. The fourth-order valence-corrected chi connectivity index (χ4v) is 2.20. The van der Waals surface area contributed by atoms with Gasteiger partial charge in [-0.15, -0.1) is 0 Å². The zero-order valence-corrected chi connectivity index (χ0v) is 13.1. The van der Waals surface area contributed by atoms with Crippen molar-refractivity contribution in [2.24, 2.45) is 5.92 Å². The highest BCUT2D eigenvalue weighted by atomic mass is 16.5. The van der Waals surface area contributed by atoms with E-state index < -0.39 is 0 Å². The predicted molar refractivity (Wildman–Crippen MR) is 81.8 cm³/mol. The SMILES string of the molecule is CCCOc1nc(NCC)nc(NCC2CCOC2C)n1. The van der Waals surface area contributed by atoms with Crippen molar-refractivity contribution in [3.63, 3.8) is 0 Å². The van der Waals surface area contributed by atoms with Crippen LogP contribution in [0.5, 0.6) is 6.01 Å². The molecule has 0 aliphatic carbocycles. The maximum Gasteiger partial charge on any atom is 0.323 e. The zero-order valence-electron chi connectivity index (χ0n) is 13.1. The van der Waals surface area contributed by atoms with E-state index in [1.807, 2.05) is 13.8 Å². The van der Waals surface area contributed by atoms with Crippen molar-refractivity contribution in [1.29, 1.82) is 0 Å². The first-order valence-electron chi connectivity index (χ1n) is 7.71. The van der Waals surface area contributed by atoms with Crippen molar-refractivity contribution in [3.05, 3.63) is 0 Å². The van der Waals surface area contributed by atoms with Crippen LogP contribution >= 0.6 is 0 Å². The molecule has 1 fully saturated rings. The van der Waals surface area contributed by atoms with Gasteiger partial charge in [-0.1, -0.05) is 6.92 Å². The average molecular weight is 295 g/mol. The minimum atomic E-state index is 0.281. The molecule has 7 nitrogen and oxygen atoms in total. The molecule has 2 rings (SSSR count). The molecule has 2 N–H and O–H groups in total. The molecule has 118 valence electrons. The van der Waals surface area contributed by atoms with Crippen LogP contribution in [-0.4, -0.2) is 47.4 Å². The number of aromatic nitrogens is 3.